The number of halogens is 1. The molecule has 2 unspecified atom stereocenters. The van der Waals surface area contributed by atoms with Crippen LogP contribution in [0.25, 0.3) is 0 Å². The van der Waals surface area contributed by atoms with Crippen LogP contribution in [-0.4, -0.2) is 34.3 Å². The third kappa shape index (κ3) is 2.39. The molecule has 2 rings (SSSR count). The molecule has 4 nitrogen and oxygen atoms in total. The molecule has 0 bridgehead atoms. The lowest BCUT2D eigenvalue weighted by Gasteiger charge is -2.35. The van der Waals surface area contributed by atoms with Crippen molar-refractivity contribution in [1.29, 1.82) is 0 Å². The van der Waals surface area contributed by atoms with Crippen LogP contribution in [0.4, 0.5) is 5.82 Å². The van der Waals surface area contributed by atoms with Gasteiger partial charge in [-0.2, -0.15) is 0 Å². The van der Waals surface area contributed by atoms with Crippen molar-refractivity contribution >= 4 is 28.4 Å². The normalized spacial score (nSPS) is 26.7. The third-order valence-electron chi connectivity index (χ3n) is 2.81. The van der Waals surface area contributed by atoms with E-state index in [1.165, 1.54) is 0 Å². The number of anilines is 1. The molecule has 1 fully saturated rings. The Balaban J connectivity index is 2.15. The molecule has 0 amide bonds. The van der Waals surface area contributed by atoms with Gasteiger partial charge in [0.2, 0.25) is 0 Å². The summed E-state index contributed by atoms with van der Waals surface area (Å²) in [5.74, 6) is 1.30. The first-order chi connectivity index (χ1) is 7.18. The highest BCUT2D eigenvalue weighted by molar-refractivity contribution is 14.1. The Morgan fingerprint density at radius 2 is 2.40 bits per heavy atom. The number of nitrogens with zero attached hydrogens (tertiary/aromatic N) is 3. The summed E-state index contributed by atoms with van der Waals surface area (Å²) in [6, 6.07) is 0. The minimum atomic E-state index is -0.166. The predicted molar refractivity (Wildman–Crippen MR) is 66.7 cm³/mol. The van der Waals surface area contributed by atoms with Gasteiger partial charge in [-0.1, -0.05) is 6.92 Å². The number of aliphatic hydroxyl groups is 1. The van der Waals surface area contributed by atoms with Gasteiger partial charge in [0.1, 0.15) is 12.1 Å². The number of piperidine rings is 1. The Morgan fingerprint density at radius 3 is 3.07 bits per heavy atom. The standard InChI is InChI=1S/C10H14IN3O/c1-7-5-14(3-2-9(7)15)10-8(11)4-12-6-13-10/h4,6-7,9,15H,2-3,5H2,1H3. The van der Waals surface area contributed by atoms with Crippen molar-refractivity contribution in [2.45, 2.75) is 19.4 Å². The molecule has 82 valence electrons. The van der Waals surface area contributed by atoms with E-state index >= 15 is 0 Å². The largest absolute Gasteiger partial charge is 0.393 e. The second-order valence-corrected chi connectivity index (χ2v) is 5.14. The van der Waals surface area contributed by atoms with Crippen molar-refractivity contribution < 1.29 is 5.11 Å². The van der Waals surface area contributed by atoms with Crippen LogP contribution in [0.1, 0.15) is 13.3 Å². The van der Waals surface area contributed by atoms with E-state index in [0.717, 1.165) is 28.9 Å². The molecule has 1 saturated heterocycles. The van der Waals surface area contributed by atoms with Crippen LogP contribution >= 0.6 is 22.6 Å². The molecule has 1 aliphatic heterocycles. The van der Waals surface area contributed by atoms with E-state index in [1.54, 1.807) is 6.33 Å². The molecule has 0 radical (unpaired) electrons. The Bertz CT molecular complexity index is 347. The van der Waals surface area contributed by atoms with Crippen LogP contribution in [0.2, 0.25) is 0 Å². The second-order valence-electron chi connectivity index (χ2n) is 3.97. The molecule has 1 aliphatic rings. The topological polar surface area (TPSA) is 49.2 Å². The van der Waals surface area contributed by atoms with E-state index in [4.69, 9.17) is 0 Å². The van der Waals surface area contributed by atoms with E-state index in [0.29, 0.717) is 5.92 Å². The van der Waals surface area contributed by atoms with Crippen molar-refractivity contribution in [3.63, 3.8) is 0 Å². The first kappa shape index (κ1) is 11.1. The van der Waals surface area contributed by atoms with E-state index < -0.39 is 0 Å². The fourth-order valence-corrected chi connectivity index (χ4v) is 2.51. The summed E-state index contributed by atoms with van der Waals surface area (Å²) < 4.78 is 1.07. The average Bonchev–Trinajstić information content (AvgIpc) is 2.23. The van der Waals surface area contributed by atoms with Crippen molar-refractivity contribution in [2.24, 2.45) is 5.92 Å². The Hall–Kier alpha value is -0.430. The number of rotatable bonds is 1. The molecule has 5 heteroatoms. The maximum Gasteiger partial charge on any atom is 0.145 e. The molecule has 2 heterocycles. The summed E-state index contributed by atoms with van der Waals surface area (Å²) >= 11 is 2.25. The van der Waals surface area contributed by atoms with Crippen LogP contribution in [0, 0.1) is 9.49 Å². The second kappa shape index (κ2) is 4.61. The lowest BCUT2D eigenvalue weighted by atomic mass is 9.97. The molecule has 0 aliphatic carbocycles. The molecule has 1 aromatic heterocycles. The number of hydrogen-bond acceptors (Lipinski definition) is 4. The molecule has 2 atom stereocenters. The van der Waals surface area contributed by atoms with E-state index in [9.17, 15) is 5.11 Å². The SMILES string of the molecule is CC1CN(c2ncncc2I)CCC1O. The van der Waals surface area contributed by atoms with Gasteiger partial charge in [-0.15, -0.1) is 0 Å². The first-order valence-corrected chi connectivity index (χ1v) is 6.15. The predicted octanol–water partition coefficient (Wildman–Crippen LogP) is 1.29. The fraction of sp³-hybridized carbons (Fsp3) is 0.600. The minimum absolute atomic E-state index is 0.166. The molecule has 0 spiro atoms. The van der Waals surface area contributed by atoms with Gasteiger partial charge in [-0.25, -0.2) is 9.97 Å². The summed E-state index contributed by atoms with van der Waals surface area (Å²) in [7, 11) is 0. The highest BCUT2D eigenvalue weighted by Gasteiger charge is 2.25. The third-order valence-corrected chi connectivity index (χ3v) is 3.57. The highest BCUT2D eigenvalue weighted by Crippen LogP contribution is 2.24. The number of hydrogen-bond donors (Lipinski definition) is 1. The summed E-state index contributed by atoms with van der Waals surface area (Å²) in [5, 5.41) is 9.65. The van der Waals surface area contributed by atoms with Gasteiger partial charge in [0.25, 0.3) is 0 Å². The quantitative estimate of drug-likeness (QED) is 0.793. The molecule has 1 N–H and O–H groups in total. The summed E-state index contributed by atoms with van der Waals surface area (Å²) in [5.41, 5.74) is 0. The van der Waals surface area contributed by atoms with Crippen LogP contribution < -0.4 is 4.90 Å². The summed E-state index contributed by atoms with van der Waals surface area (Å²) in [4.78, 5) is 10.5. The van der Waals surface area contributed by atoms with Gasteiger partial charge in [0, 0.05) is 19.3 Å². The van der Waals surface area contributed by atoms with Crippen LogP contribution in [0.5, 0.6) is 0 Å². The maximum absolute atomic E-state index is 9.65. The maximum atomic E-state index is 9.65. The van der Waals surface area contributed by atoms with Crippen molar-refractivity contribution in [3.8, 4) is 0 Å². The smallest absolute Gasteiger partial charge is 0.145 e. The summed E-state index contributed by atoms with van der Waals surface area (Å²) in [6.07, 6.45) is 4.05. The average molecular weight is 319 g/mol. The Labute approximate surface area is 103 Å². The monoisotopic (exact) mass is 319 g/mol. The zero-order valence-corrected chi connectivity index (χ0v) is 10.8. The number of aliphatic hydroxyl groups excluding tert-OH is 1. The zero-order valence-electron chi connectivity index (χ0n) is 8.60. The van der Waals surface area contributed by atoms with Crippen LogP contribution in [-0.2, 0) is 0 Å². The molecule has 15 heavy (non-hydrogen) atoms. The Kier molecular flexibility index (Phi) is 3.40. The fourth-order valence-electron chi connectivity index (χ4n) is 1.86. The van der Waals surface area contributed by atoms with Gasteiger partial charge in [-0.05, 0) is 34.9 Å². The van der Waals surface area contributed by atoms with E-state index in [1.807, 2.05) is 6.20 Å². The highest BCUT2D eigenvalue weighted by atomic mass is 127. The summed E-state index contributed by atoms with van der Waals surface area (Å²) in [6.45, 7) is 3.82. The zero-order chi connectivity index (χ0) is 10.8. The van der Waals surface area contributed by atoms with E-state index in [-0.39, 0.29) is 6.10 Å². The number of aromatic nitrogens is 2. The Morgan fingerprint density at radius 1 is 1.60 bits per heavy atom. The van der Waals surface area contributed by atoms with Gasteiger partial charge in [-0.3, -0.25) is 0 Å². The first-order valence-electron chi connectivity index (χ1n) is 5.07. The van der Waals surface area contributed by atoms with Crippen LogP contribution in [0.15, 0.2) is 12.5 Å². The molecule has 1 aromatic rings. The van der Waals surface area contributed by atoms with Gasteiger partial charge < -0.3 is 10.0 Å². The van der Waals surface area contributed by atoms with Crippen molar-refractivity contribution in [2.75, 3.05) is 18.0 Å². The van der Waals surface area contributed by atoms with Gasteiger partial charge >= 0.3 is 0 Å². The lowest BCUT2D eigenvalue weighted by molar-refractivity contribution is 0.0968. The minimum Gasteiger partial charge on any atom is -0.393 e. The molecule has 0 aromatic carbocycles. The van der Waals surface area contributed by atoms with Crippen LogP contribution in [0.3, 0.4) is 0 Å². The molecular formula is C10H14IN3O. The van der Waals surface area contributed by atoms with Crippen molar-refractivity contribution in [1.82, 2.24) is 9.97 Å². The lowest BCUT2D eigenvalue weighted by Crippen LogP contribution is -2.42. The molecule has 0 saturated carbocycles. The van der Waals surface area contributed by atoms with Gasteiger partial charge in [0.15, 0.2) is 0 Å². The van der Waals surface area contributed by atoms with E-state index in [2.05, 4.69) is 44.4 Å². The van der Waals surface area contributed by atoms with Crippen molar-refractivity contribution in [3.05, 3.63) is 16.1 Å². The molecular weight excluding hydrogens is 305 g/mol. The van der Waals surface area contributed by atoms with Gasteiger partial charge in [0.05, 0.1) is 9.67 Å².